The van der Waals surface area contributed by atoms with Crippen LogP contribution in [0.15, 0.2) is 0 Å². The first-order chi connectivity index (χ1) is 4.62. The van der Waals surface area contributed by atoms with Gasteiger partial charge < -0.3 is 9.47 Å². The smallest absolute Gasteiger partial charge is 0.120 e. The molecule has 10 heavy (non-hydrogen) atoms. The summed E-state index contributed by atoms with van der Waals surface area (Å²) in [4.78, 5) is 0. The lowest BCUT2D eigenvalue weighted by molar-refractivity contribution is -0.00481. The van der Waals surface area contributed by atoms with Gasteiger partial charge in [-0.25, -0.2) is 0 Å². The van der Waals surface area contributed by atoms with Crippen molar-refractivity contribution in [1.82, 2.24) is 0 Å². The second kappa shape index (κ2) is 4.94. The summed E-state index contributed by atoms with van der Waals surface area (Å²) < 4.78 is 10.1. The first-order valence-electron chi connectivity index (χ1n) is 3.31. The lowest BCUT2D eigenvalue weighted by Gasteiger charge is -2.21. The molecule has 3 heteroatoms. The largest absolute Gasteiger partial charge is 0.379 e. The van der Waals surface area contributed by atoms with E-state index >= 15 is 0 Å². The Bertz CT molecular complexity index is 83.7. The highest BCUT2D eigenvalue weighted by atomic mass is 35.5. The minimum Gasteiger partial charge on any atom is -0.379 e. The predicted octanol–water partition coefficient (Wildman–Crippen LogP) is 2.01. The normalized spacial score (nSPS) is 12.0. The summed E-state index contributed by atoms with van der Waals surface area (Å²) in [6.45, 7) is 4.69. The van der Waals surface area contributed by atoms with Crippen molar-refractivity contribution in [3.63, 3.8) is 0 Å². The molecule has 0 radical (unpaired) electrons. The number of methoxy groups -OCH3 is 1. The molecule has 2 nitrogen and oxygen atoms in total. The fourth-order valence-corrected chi connectivity index (χ4v) is 0.584. The average molecular weight is 167 g/mol. The molecule has 0 saturated heterocycles. The number of rotatable bonds is 5. The van der Waals surface area contributed by atoms with E-state index in [2.05, 4.69) is 0 Å². The van der Waals surface area contributed by atoms with Crippen LogP contribution >= 0.6 is 11.6 Å². The van der Waals surface area contributed by atoms with E-state index < -0.39 is 0 Å². The van der Waals surface area contributed by atoms with E-state index in [9.17, 15) is 0 Å². The molecule has 0 bridgehead atoms. The zero-order chi connectivity index (χ0) is 8.04. The van der Waals surface area contributed by atoms with Crippen molar-refractivity contribution in [3.8, 4) is 0 Å². The summed E-state index contributed by atoms with van der Waals surface area (Å²) in [5.41, 5.74) is -0.0912. The molecule has 0 N–H and O–H groups in total. The molecule has 0 aromatic carbocycles. The standard InChI is InChI=1S/C7H15ClO2/c1-7(2,9-3)4-5-10-6-8/h4-6H2,1-3H3. The molecule has 0 atom stereocenters. The molecule has 0 aliphatic heterocycles. The number of alkyl halides is 1. The van der Waals surface area contributed by atoms with E-state index in [1.54, 1.807) is 7.11 Å². The second-order valence-corrected chi connectivity index (χ2v) is 2.95. The maximum Gasteiger partial charge on any atom is 0.120 e. The molecule has 0 heterocycles. The highest BCUT2D eigenvalue weighted by molar-refractivity contribution is 6.17. The van der Waals surface area contributed by atoms with Gasteiger partial charge in [-0.1, -0.05) is 11.6 Å². The number of halogens is 1. The SMILES string of the molecule is COC(C)(C)CCOCCl. The fraction of sp³-hybridized carbons (Fsp3) is 1.00. The third kappa shape index (κ3) is 5.03. The summed E-state index contributed by atoms with van der Waals surface area (Å²) in [6, 6.07) is 0.264. The van der Waals surface area contributed by atoms with Crippen molar-refractivity contribution in [2.24, 2.45) is 0 Å². The Morgan fingerprint density at radius 2 is 2.00 bits per heavy atom. The summed E-state index contributed by atoms with van der Waals surface area (Å²) >= 11 is 5.31. The fourth-order valence-electron chi connectivity index (χ4n) is 0.475. The average Bonchev–Trinajstić information content (AvgIpc) is 1.89. The molecular formula is C7H15ClO2. The molecule has 0 aliphatic carbocycles. The van der Waals surface area contributed by atoms with Crippen molar-refractivity contribution in [2.45, 2.75) is 25.9 Å². The number of hydrogen-bond acceptors (Lipinski definition) is 2. The van der Waals surface area contributed by atoms with Crippen LogP contribution in [-0.4, -0.2) is 25.4 Å². The molecule has 0 spiro atoms. The third-order valence-electron chi connectivity index (χ3n) is 1.48. The predicted molar refractivity (Wildman–Crippen MR) is 42.4 cm³/mol. The van der Waals surface area contributed by atoms with E-state index in [0.717, 1.165) is 6.42 Å². The van der Waals surface area contributed by atoms with Crippen molar-refractivity contribution in [2.75, 3.05) is 19.8 Å². The van der Waals surface area contributed by atoms with Crippen molar-refractivity contribution in [1.29, 1.82) is 0 Å². The van der Waals surface area contributed by atoms with Crippen LogP contribution in [0.5, 0.6) is 0 Å². The van der Waals surface area contributed by atoms with Gasteiger partial charge in [-0.3, -0.25) is 0 Å². The topological polar surface area (TPSA) is 18.5 Å². The van der Waals surface area contributed by atoms with Gasteiger partial charge in [0.15, 0.2) is 0 Å². The second-order valence-electron chi connectivity index (χ2n) is 2.73. The highest BCUT2D eigenvalue weighted by Crippen LogP contribution is 2.12. The van der Waals surface area contributed by atoms with Crippen LogP contribution in [0.4, 0.5) is 0 Å². The van der Waals surface area contributed by atoms with E-state index in [4.69, 9.17) is 21.1 Å². The van der Waals surface area contributed by atoms with Gasteiger partial charge in [-0.15, -0.1) is 0 Å². The van der Waals surface area contributed by atoms with Gasteiger partial charge in [0, 0.05) is 7.11 Å². The van der Waals surface area contributed by atoms with Crippen LogP contribution in [0.2, 0.25) is 0 Å². The van der Waals surface area contributed by atoms with Gasteiger partial charge in [-0.05, 0) is 20.3 Å². The van der Waals surface area contributed by atoms with Crippen LogP contribution in [0.25, 0.3) is 0 Å². The third-order valence-corrected chi connectivity index (χ3v) is 1.63. The van der Waals surface area contributed by atoms with E-state index in [1.165, 1.54) is 0 Å². The van der Waals surface area contributed by atoms with Crippen molar-refractivity contribution in [3.05, 3.63) is 0 Å². The lowest BCUT2D eigenvalue weighted by atomic mass is 10.1. The Balaban J connectivity index is 3.28. The van der Waals surface area contributed by atoms with Gasteiger partial charge in [0.25, 0.3) is 0 Å². The van der Waals surface area contributed by atoms with Crippen LogP contribution < -0.4 is 0 Å². The zero-order valence-electron chi connectivity index (χ0n) is 6.82. The van der Waals surface area contributed by atoms with Crippen LogP contribution in [-0.2, 0) is 9.47 Å². The van der Waals surface area contributed by atoms with Crippen molar-refractivity contribution >= 4 is 11.6 Å². The first kappa shape index (κ1) is 10.2. The van der Waals surface area contributed by atoms with Crippen LogP contribution in [0, 0.1) is 0 Å². The first-order valence-corrected chi connectivity index (χ1v) is 3.85. The van der Waals surface area contributed by atoms with E-state index in [1.807, 2.05) is 13.8 Å². The Labute approximate surface area is 67.5 Å². The van der Waals surface area contributed by atoms with E-state index in [0.29, 0.717) is 6.61 Å². The minimum atomic E-state index is -0.0912. The van der Waals surface area contributed by atoms with E-state index in [-0.39, 0.29) is 11.7 Å². The molecule has 0 aromatic heterocycles. The number of ether oxygens (including phenoxy) is 2. The Kier molecular flexibility index (Phi) is 5.04. The van der Waals surface area contributed by atoms with Crippen molar-refractivity contribution < 1.29 is 9.47 Å². The summed E-state index contributed by atoms with van der Waals surface area (Å²) in [7, 11) is 1.70. The molecule has 0 aromatic rings. The molecule has 62 valence electrons. The Morgan fingerprint density at radius 1 is 1.40 bits per heavy atom. The van der Waals surface area contributed by atoms with Gasteiger partial charge in [-0.2, -0.15) is 0 Å². The van der Waals surface area contributed by atoms with Crippen LogP contribution in [0.1, 0.15) is 20.3 Å². The molecular weight excluding hydrogens is 152 g/mol. The molecule has 0 amide bonds. The minimum absolute atomic E-state index is 0.0912. The number of hydrogen-bond donors (Lipinski definition) is 0. The van der Waals surface area contributed by atoms with Gasteiger partial charge >= 0.3 is 0 Å². The molecule has 0 unspecified atom stereocenters. The molecule has 0 rings (SSSR count). The molecule has 0 aliphatic rings. The summed E-state index contributed by atoms with van der Waals surface area (Å²) in [5.74, 6) is 0. The van der Waals surface area contributed by atoms with Gasteiger partial charge in [0.1, 0.15) is 6.07 Å². The summed E-state index contributed by atoms with van der Waals surface area (Å²) in [6.07, 6.45) is 0.871. The van der Waals surface area contributed by atoms with Gasteiger partial charge in [0.05, 0.1) is 12.2 Å². The highest BCUT2D eigenvalue weighted by Gasteiger charge is 2.14. The maximum absolute atomic E-state index is 5.31. The molecule has 0 fully saturated rings. The maximum atomic E-state index is 5.31. The van der Waals surface area contributed by atoms with Crippen LogP contribution in [0.3, 0.4) is 0 Å². The lowest BCUT2D eigenvalue weighted by Crippen LogP contribution is -2.24. The summed E-state index contributed by atoms with van der Waals surface area (Å²) in [5, 5.41) is 0. The monoisotopic (exact) mass is 166 g/mol. The quantitative estimate of drug-likeness (QED) is 0.460. The molecule has 0 saturated carbocycles. The Hall–Kier alpha value is 0.210. The van der Waals surface area contributed by atoms with Gasteiger partial charge in [0.2, 0.25) is 0 Å². The zero-order valence-corrected chi connectivity index (χ0v) is 7.57. The Morgan fingerprint density at radius 3 is 2.40 bits per heavy atom.